The molecule has 0 radical (unpaired) electrons. The smallest absolute Gasteiger partial charge is 0.310 e. The zero-order valence-electron chi connectivity index (χ0n) is 8.73. The second kappa shape index (κ2) is 4.02. The highest BCUT2D eigenvalue weighted by Crippen LogP contribution is 2.19. The molecular weight excluding hydrogens is 212 g/mol. The Morgan fingerprint density at radius 3 is 2.73 bits per heavy atom. The molecule has 1 aromatic rings. The van der Waals surface area contributed by atoms with Gasteiger partial charge in [-0.2, -0.15) is 0 Å². The second-order valence-corrected chi connectivity index (χ2v) is 4.51. The molecule has 0 amide bonds. The molecule has 0 spiro atoms. The monoisotopic (exact) mass is 226 g/mol. The number of nitrogens with zero attached hydrogens (tertiary/aromatic N) is 1. The quantitative estimate of drug-likeness (QED) is 0.758. The Morgan fingerprint density at radius 1 is 1.67 bits per heavy atom. The van der Waals surface area contributed by atoms with E-state index in [1.807, 2.05) is 0 Å². The fourth-order valence-corrected chi connectivity index (χ4v) is 1.45. The van der Waals surface area contributed by atoms with Crippen molar-refractivity contribution < 1.29 is 9.90 Å². The molecule has 0 aliphatic carbocycles. The minimum atomic E-state index is -0.843. The Bertz CT molecular complexity index is 396. The first-order valence-electron chi connectivity index (χ1n) is 4.53. The van der Waals surface area contributed by atoms with Gasteiger partial charge in [-0.1, -0.05) is 12.2 Å². The first-order valence-corrected chi connectivity index (χ1v) is 4.94. The van der Waals surface area contributed by atoms with E-state index in [1.54, 1.807) is 36.7 Å². The van der Waals surface area contributed by atoms with Crippen molar-refractivity contribution in [1.82, 2.24) is 4.57 Å². The van der Waals surface area contributed by atoms with E-state index in [4.69, 9.17) is 23.1 Å². The van der Waals surface area contributed by atoms with Crippen LogP contribution in [0.25, 0.3) is 0 Å². The van der Waals surface area contributed by atoms with Crippen LogP contribution in [0.15, 0.2) is 18.3 Å². The fraction of sp³-hybridized carbons (Fsp3) is 0.400. The van der Waals surface area contributed by atoms with E-state index in [9.17, 15) is 4.79 Å². The lowest BCUT2D eigenvalue weighted by atomic mass is 9.94. The number of hydrogen-bond acceptors (Lipinski definition) is 2. The Hall–Kier alpha value is -1.36. The molecule has 0 aromatic carbocycles. The Balaban J connectivity index is 2.95. The van der Waals surface area contributed by atoms with Crippen molar-refractivity contribution in [1.29, 1.82) is 0 Å². The molecule has 0 bridgehead atoms. The minimum absolute atomic E-state index is 0.279. The third-order valence-corrected chi connectivity index (χ3v) is 2.44. The second-order valence-electron chi connectivity index (χ2n) is 4.07. The van der Waals surface area contributed by atoms with Crippen molar-refractivity contribution in [2.75, 3.05) is 0 Å². The van der Waals surface area contributed by atoms with Crippen LogP contribution in [-0.2, 0) is 11.3 Å². The van der Waals surface area contributed by atoms with E-state index in [1.165, 1.54) is 0 Å². The number of nitrogens with two attached hydrogens (primary N) is 1. The number of thiocarbonyl (C=S) groups is 1. The molecule has 1 rings (SSSR count). The van der Waals surface area contributed by atoms with E-state index >= 15 is 0 Å². The number of hydrogen-bond donors (Lipinski definition) is 2. The molecule has 0 unspecified atom stereocenters. The maximum atomic E-state index is 11.0. The summed E-state index contributed by atoms with van der Waals surface area (Å²) in [7, 11) is 0. The Morgan fingerprint density at radius 2 is 2.27 bits per heavy atom. The molecule has 0 saturated heterocycles. The molecular formula is C10H14N2O2S. The van der Waals surface area contributed by atoms with Gasteiger partial charge in [-0.05, 0) is 26.0 Å². The third kappa shape index (κ3) is 2.56. The molecule has 0 aliphatic heterocycles. The van der Waals surface area contributed by atoms with E-state index in [0.29, 0.717) is 12.2 Å². The average molecular weight is 226 g/mol. The predicted molar refractivity (Wildman–Crippen MR) is 61.7 cm³/mol. The highest BCUT2D eigenvalue weighted by molar-refractivity contribution is 7.80. The van der Waals surface area contributed by atoms with Gasteiger partial charge in [0.1, 0.15) is 4.99 Å². The van der Waals surface area contributed by atoms with Crippen molar-refractivity contribution in [2.45, 2.75) is 20.4 Å². The van der Waals surface area contributed by atoms with Gasteiger partial charge in [-0.25, -0.2) is 0 Å². The number of carbonyl (C=O) groups is 1. The topological polar surface area (TPSA) is 68.2 Å². The highest BCUT2D eigenvalue weighted by Gasteiger charge is 2.28. The van der Waals surface area contributed by atoms with Crippen molar-refractivity contribution in [2.24, 2.45) is 11.1 Å². The van der Waals surface area contributed by atoms with Crippen molar-refractivity contribution in [3.05, 3.63) is 24.0 Å². The predicted octanol–water partition coefficient (Wildman–Crippen LogP) is 1.23. The van der Waals surface area contributed by atoms with Gasteiger partial charge in [-0.3, -0.25) is 4.79 Å². The maximum absolute atomic E-state index is 11.0. The van der Waals surface area contributed by atoms with Gasteiger partial charge in [0.05, 0.1) is 11.1 Å². The van der Waals surface area contributed by atoms with Gasteiger partial charge >= 0.3 is 5.97 Å². The number of aliphatic carboxylic acids is 1. The summed E-state index contributed by atoms with van der Waals surface area (Å²) >= 11 is 4.87. The molecule has 0 saturated carbocycles. The van der Waals surface area contributed by atoms with Gasteiger partial charge in [0.25, 0.3) is 0 Å². The lowest BCUT2D eigenvalue weighted by Gasteiger charge is -2.21. The molecule has 0 aliphatic rings. The summed E-state index contributed by atoms with van der Waals surface area (Å²) in [6.45, 7) is 3.68. The lowest BCUT2D eigenvalue weighted by molar-refractivity contribution is -0.147. The zero-order valence-corrected chi connectivity index (χ0v) is 9.54. The van der Waals surface area contributed by atoms with Crippen molar-refractivity contribution >= 4 is 23.2 Å². The molecule has 15 heavy (non-hydrogen) atoms. The largest absolute Gasteiger partial charge is 0.481 e. The van der Waals surface area contributed by atoms with Gasteiger partial charge in [0.15, 0.2) is 0 Å². The fourth-order valence-electron chi connectivity index (χ4n) is 1.27. The van der Waals surface area contributed by atoms with Crippen LogP contribution in [0.2, 0.25) is 0 Å². The van der Waals surface area contributed by atoms with E-state index in [0.717, 1.165) is 0 Å². The van der Waals surface area contributed by atoms with E-state index in [-0.39, 0.29) is 4.99 Å². The zero-order chi connectivity index (χ0) is 11.6. The number of carboxylic acid groups (broad SMARTS) is 1. The summed E-state index contributed by atoms with van der Waals surface area (Å²) in [6.07, 6.45) is 1.78. The molecule has 1 aromatic heterocycles. The van der Waals surface area contributed by atoms with Crippen molar-refractivity contribution in [3.63, 3.8) is 0 Å². The van der Waals surface area contributed by atoms with Crippen molar-refractivity contribution in [3.8, 4) is 0 Å². The van der Waals surface area contributed by atoms with E-state index < -0.39 is 11.4 Å². The first-order chi connectivity index (χ1) is 6.84. The standard InChI is InChI=1S/C10H14N2O2S/c1-10(2,9(13)14)6-12-5-3-4-7(12)8(11)15/h3-5H,6H2,1-2H3,(H2,11,15)(H,13,14). The summed E-state index contributed by atoms with van der Waals surface area (Å²) in [6, 6.07) is 3.58. The number of carboxylic acids is 1. The molecule has 1 heterocycles. The van der Waals surface area contributed by atoms with E-state index in [2.05, 4.69) is 0 Å². The van der Waals surface area contributed by atoms with Gasteiger partial charge in [0, 0.05) is 12.7 Å². The Labute approximate surface area is 93.7 Å². The van der Waals surface area contributed by atoms with Crippen LogP contribution in [0.3, 0.4) is 0 Å². The SMILES string of the molecule is CC(C)(Cn1cccc1C(N)=S)C(=O)O. The molecule has 82 valence electrons. The minimum Gasteiger partial charge on any atom is -0.481 e. The van der Waals surface area contributed by atoms with Gasteiger partial charge in [-0.15, -0.1) is 0 Å². The van der Waals surface area contributed by atoms with Crippen LogP contribution in [0, 0.1) is 5.41 Å². The average Bonchev–Trinajstić information content (AvgIpc) is 2.51. The summed E-state index contributed by atoms with van der Waals surface area (Å²) in [5.41, 5.74) is 5.38. The van der Waals surface area contributed by atoms with Crippen LogP contribution in [-0.4, -0.2) is 20.6 Å². The van der Waals surface area contributed by atoms with Gasteiger partial charge in [0.2, 0.25) is 0 Å². The van der Waals surface area contributed by atoms with Crippen LogP contribution in [0.1, 0.15) is 19.5 Å². The molecule has 3 N–H and O–H groups in total. The summed E-state index contributed by atoms with van der Waals surface area (Å²) in [5.74, 6) is -0.843. The van der Waals surface area contributed by atoms with Crippen LogP contribution < -0.4 is 5.73 Å². The van der Waals surface area contributed by atoms with Crippen LogP contribution >= 0.6 is 12.2 Å². The third-order valence-electron chi connectivity index (χ3n) is 2.23. The Kier molecular flexibility index (Phi) is 3.14. The molecule has 0 fully saturated rings. The summed E-state index contributed by atoms with van der Waals surface area (Å²) in [4.78, 5) is 11.2. The van der Waals surface area contributed by atoms with Crippen LogP contribution in [0.4, 0.5) is 0 Å². The van der Waals surface area contributed by atoms with Gasteiger partial charge < -0.3 is 15.4 Å². The summed E-state index contributed by atoms with van der Waals surface area (Å²) in [5, 5.41) is 8.99. The maximum Gasteiger partial charge on any atom is 0.310 e. The summed E-state index contributed by atoms with van der Waals surface area (Å²) < 4.78 is 1.76. The molecule has 5 heteroatoms. The number of aromatic nitrogens is 1. The molecule has 4 nitrogen and oxygen atoms in total. The molecule has 0 atom stereocenters. The lowest BCUT2D eigenvalue weighted by Crippen LogP contribution is -2.30. The number of rotatable bonds is 4. The van der Waals surface area contributed by atoms with Crippen LogP contribution in [0.5, 0.6) is 0 Å². The highest BCUT2D eigenvalue weighted by atomic mass is 32.1. The normalized spacial score (nSPS) is 11.3. The first kappa shape index (κ1) is 11.7.